The summed E-state index contributed by atoms with van der Waals surface area (Å²) in [5, 5.41) is 29.6. The van der Waals surface area contributed by atoms with E-state index in [9.17, 15) is 24.5 Å². The number of hydrogen-bond donors (Lipinski definition) is 3. The maximum atomic E-state index is 12.2. The number of alkyl carbamates (subject to hydrolysis) is 1. The van der Waals surface area contributed by atoms with Crippen molar-refractivity contribution < 1.29 is 24.0 Å². The van der Waals surface area contributed by atoms with Crippen LogP contribution in [0.5, 0.6) is 0 Å². The molecular formula is C27H34N8O5S. The molecule has 4 rings (SSSR count). The number of nitrogens with one attached hydrogen (secondary N) is 2. The Morgan fingerprint density at radius 3 is 2.66 bits per heavy atom. The minimum atomic E-state index is -1.13. The summed E-state index contributed by atoms with van der Waals surface area (Å²) in [4.78, 5) is 31.8. The second kappa shape index (κ2) is 12.1. The molecule has 2 amide bonds. The molecule has 14 heteroatoms. The van der Waals surface area contributed by atoms with Gasteiger partial charge in [-0.05, 0) is 51.8 Å². The first-order chi connectivity index (χ1) is 19.4. The number of fused-ring (bicyclic) bond motifs is 1. The highest BCUT2D eigenvalue weighted by molar-refractivity contribution is 7.89. The van der Waals surface area contributed by atoms with Gasteiger partial charge >= 0.3 is 12.2 Å². The molecule has 1 aliphatic rings. The topological polar surface area (TPSA) is 171 Å². The number of carboxylic acid groups (broad SMARTS) is 1. The van der Waals surface area contributed by atoms with Crippen molar-refractivity contribution in [1.29, 1.82) is 5.26 Å². The average molecular weight is 583 g/mol. The zero-order valence-corrected chi connectivity index (χ0v) is 24.5. The number of ether oxygens (including phenoxy) is 1. The lowest BCUT2D eigenvalue weighted by atomic mass is 10.1. The van der Waals surface area contributed by atoms with Crippen LogP contribution >= 0.6 is 0 Å². The molecule has 1 saturated carbocycles. The van der Waals surface area contributed by atoms with E-state index in [0.29, 0.717) is 30.3 Å². The molecule has 1 fully saturated rings. The molecule has 0 saturated heterocycles. The molecule has 2 aromatic heterocycles. The molecule has 13 nitrogen and oxygen atoms in total. The Bertz CT molecular complexity index is 1470. The molecule has 0 spiro atoms. The van der Waals surface area contributed by atoms with E-state index >= 15 is 0 Å². The molecule has 3 aromatic rings. The summed E-state index contributed by atoms with van der Waals surface area (Å²) < 4.78 is 18.9. The molecule has 0 radical (unpaired) electrons. The first kappa shape index (κ1) is 29.8. The van der Waals surface area contributed by atoms with Crippen LogP contribution in [0, 0.1) is 11.3 Å². The molecule has 2 heterocycles. The first-order valence-corrected chi connectivity index (χ1v) is 14.8. The van der Waals surface area contributed by atoms with Gasteiger partial charge in [0.1, 0.15) is 34.6 Å². The fourth-order valence-electron chi connectivity index (χ4n) is 4.31. The molecule has 1 aromatic carbocycles. The van der Waals surface area contributed by atoms with Crippen molar-refractivity contribution in [2.24, 2.45) is 0 Å². The van der Waals surface area contributed by atoms with E-state index in [1.54, 1.807) is 33.1 Å². The van der Waals surface area contributed by atoms with Gasteiger partial charge in [-0.2, -0.15) is 14.9 Å². The minimum absolute atomic E-state index is 0.161. The molecule has 3 N–H and O–H groups in total. The molecule has 41 heavy (non-hydrogen) atoms. The van der Waals surface area contributed by atoms with Crippen molar-refractivity contribution in [2.75, 3.05) is 41.5 Å². The number of carbonyl (C=O) groups is 2. The fraction of sp³-hybridized carbons (Fsp3) is 0.444. The number of hydrogen-bond acceptors (Lipinski definition) is 9. The van der Waals surface area contributed by atoms with E-state index in [-0.39, 0.29) is 23.1 Å². The van der Waals surface area contributed by atoms with Crippen LogP contribution in [0.4, 0.5) is 32.6 Å². The number of amides is 2. The van der Waals surface area contributed by atoms with Gasteiger partial charge < -0.3 is 29.9 Å². The van der Waals surface area contributed by atoms with Crippen LogP contribution in [-0.4, -0.2) is 74.5 Å². The maximum Gasteiger partial charge on any atom is 0.413 e. The summed E-state index contributed by atoms with van der Waals surface area (Å²) in [6.07, 6.45) is 2.86. The second-order valence-electron chi connectivity index (χ2n) is 10.8. The van der Waals surface area contributed by atoms with E-state index in [4.69, 9.17) is 4.74 Å². The number of likely N-dealkylation sites (N-methyl/N-ethyl adjacent to an activating group) is 1. The summed E-state index contributed by atoms with van der Waals surface area (Å²) in [6.45, 7) is 6.23. The smallest absolute Gasteiger partial charge is 0.413 e. The zero-order valence-electron chi connectivity index (χ0n) is 23.7. The average Bonchev–Trinajstić information content (AvgIpc) is 3.60. The molecular weight excluding hydrogens is 548 g/mol. The number of nitriles is 1. The van der Waals surface area contributed by atoms with Crippen LogP contribution in [-0.2, 0) is 21.7 Å². The lowest BCUT2D eigenvalue weighted by Gasteiger charge is -2.24. The highest BCUT2D eigenvalue weighted by atomic mass is 32.2. The Hall–Kier alpha value is -4.22. The third kappa shape index (κ3) is 7.50. The quantitative estimate of drug-likeness (QED) is 0.298. The number of aromatic nitrogens is 3. The Morgan fingerprint density at radius 1 is 1.32 bits per heavy atom. The SMILES string of the molecule is CN(CCNC(=O)OC(C)(C)C)c1ccc(Nc2cc(N(C(=O)O)C3CC3)n3ncc(C#N)c3n2)cc1C[S+](C)[O-]. The third-order valence-electron chi connectivity index (χ3n) is 6.18. The van der Waals surface area contributed by atoms with E-state index in [0.717, 1.165) is 24.1 Å². The minimum Gasteiger partial charge on any atom is -0.616 e. The summed E-state index contributed by atoms with van der Waals surface area (Å²) in [5.74, 6) is 0.919. The van der Waals surface area contributed by atoms with Crippen LogP contribution in [0.15, 0.2) is 30.5 Å². The highest BCUT2D eigenvalue weighted by Gasteiger charge is 2.36. The number of anilines is 4. The maximum absolute atomic E-state index is 12.2. The molecule has 1 unspecified atom stereocenters. The second-order valence-corrected chi connectivity index (χ2v) is 12.3. The molecule has 1 aliphatic carbocycles. The normalized spacial score (nSPS) is 13.8. The van der Waals surface area contributed by atoms with E-state index in [2.05, 4.69) is 26.8 Å². The van der Waals surface area contributed by atoms with Crippen LogP contribution < -0.4 is 20.4 Å². The molecule has 0 bridgehead atoms. The van der Waals surface area contributed by atoms with Crippen LogP contribution in [0.1, 0.15) is 44.7 Å². The van der Waals surface area contributed by atoms with Crippen molar-refractivity contribution in [2.45, 2.75) is 51.0 Å². The van der Waals surface area contributed by atoms with Crippen molar-refractivity contribution in [3.05, 3.63) is 41.6 Å². The third-order valence-corrected chi connectivity index (χ3v) is 6.89. The highest BCUT2D eigenvalue weighted by Crippen LogP contribution is 2.34. The van der Waals surface area contributed by atoms with Gasteiger partial charge in [0.25, 0.3) is 0 Å². The standard InChI is InChI=1S/C27H34N8O5S/c1-27(2,3)40-25(36)29-10-11-33(4)21-9-6-19(12-17(21)16-41(5)39)31-22-13-23(34(26(37)38)20-7-8-20)35-24(32-22)18(14-28)15-30-35/h6,9,12-13,15,20H,7-8,10-11,16H2,1-5H3,(H,29,36)(H,31,32)(H,37,38). The van der Waals surface area contributed by atoms with Crippen molar-refractivity contribution in [3.8, 4) is 6.07 Å². The molecule has 0 aliphatic heterocycles. The van der Waals surface area contributed by atoms with Crippen molar-refractivity contribution in [1.82, 2.24) is 19.9 Å². The van der Waals surface area contributed by atoms with Gasteiger partial charge in [-0.1, -0.05) is 11.2 Å². The lowest BCUT2D eigenvalue weighted by molar-refractivity contribution is 0.0529. The first-order valence-electron chi connectivity index (χ1n) is 13.1. The summed E-state index contributed by atoms with van der Waals surface area (Å²) >= 11 is -1.13. The number of rotatable bonds is 10. The van der Waals surface area contributed by atoms with Gasteiger partial charge in [0.2, 0.25) is 0 Å². The van der Waals surface area contributed by atoms with Crippen LogP contribution in [0.2, 0.25) is 0 Å². The monoisotopic (exact) mass is 582 g/mol. The van der Waals surface area contributed by atoms with Gasteiger partial charge in [0.15, 0.2) is 5.65 Å². The van der Waals surface area contributed by atoms with E-state index < -0.39 is 29.0 Å². The lowest BCUT2D eigenvalue weighted by Crippen LogP contribution is -2.37. The van der Waals surface area contributed by atoms with Gasteiger partial charge in [-0.15, -0.1) is 0 Å². The van der Waals surface area contributed by atoms with Gasteiger partial charge in [-0.3, -0.25) is 4.90 Å². The Labute approximate surface area is 241 Å². The van der Waals surface area contributed by atoms with E-state index in [1.807, 2.05) is 30.1 Å². The predicted molar refractivity (Wildman–Crippen MR) is 156 cm³/mol. The van der Waals surface area contributed by atoms with Gasteiger partial charge in [0, 0.05) is 49.2 Å². The van der Waals surface area contributed by atoms with Crippen LogP contribution in [0.25, 0.3) is 5.65 Å². The van der Waals surface area contributed by atoms with Gasteiger partial charge in [0.05, 0.1) is 12.5 Å². The number of benzene rings is 1. The summed E-state index contributed by atoms with van der Waals surface area (Å²) in [7, 11) is 1.88. The number of nitrogens with zero attached hydrogens (tertiary/aromatic N) is 6. The Balaban J connectivity index is 1.59. The fourth-order valence-corrected chi connectivity index (χ4v) is 4.98. The number of carbonyl (C=O) groups excluding carboxylic acids is 1. The predicted octanol–water partition coefficient (Wildman–Crippen LogP) is 3.83. The molecule has 218 valence electrons. The Morgan fingerprint density at radius 2 is 2.05 bits per heavy atom. The zero-order chi connectivity index (χ0) is 29.9. The summed E-state index contributed by atoms with van der Waals surface area (Å²) in [6, 6.07) is 9.05. The largest absolute Gasteiger partial charge is 0.616 e. The molecule has 1 atom stereocenters. The van der Waals surface area contributed by atoms with E-state index in [1.165, 1.54) is 15.6 Å². The van der Waals surface area contributed by atoms with Crippen molar-refractivity contribution in [3.63, 3.8) is 0 Å². The van der Waals surface area contributed by atoms with Crippen LogP contribution in [0.3, 0.4) is 0 Å². The van der Waals surface area contributed by atoms with Gasteiger partial charge in [-0.25, -0.2) is 14.6 Å². The summed E-state index contributed by atoms with van der Waals surface area (Å²) in [5.41, 5.74) is 2.16. The Kier molecular flexibility index (Phi) is 8.79. The van der Waals surface area contributed by atoms with Crippen molar-refractivity contribution >= 4 is 52.0 Å².